The molecule has 1 aliphatic rings. The van der Waals surface area contributed by atoms with Crippen LogP contribution >= 0.6 is 11.6 Å². The van der Waals surface area contributed by atoms with Gasteiger partial charge in [0, 0.05) is 12.4 Å². The van der Waals surface area contributed by atoms with E-state index in [1.165, 1.54) is 35.5 Å². The Balaban J connectivity index is 1.53. The quantitative estimate of drug-likeness (QED) is 0.396. The van der Waals surface area contributed by atoms with Crippen molar-refractivity contribution < 1.29 is 27.5 Å². The first-order chi connectivity index (χ1) is 16.0. The van der Waals surface area contributed by atoms with E-state index in [4.69, 9.17) is 11.6 Å². The van der Waals surface area contributed by atoms with E-state index < -0.39 is 46.8 Å². The molecule has 4 rings (SSSR count). The number of nitrogens with one attached hydrogen (secondary N) is 1. The Kier molecular flexibility index (Phi) is 6.59. The molecule has 0 spiro atoms. The molecule has 2 aromatic heterocycles. The summed E-state index contributed by atoms with van der Waals surface area (Å²) in [7, 11) is 0. The molecule has 2 N–H and O–H groups in total. The number of carbonyl (C=O) groups is 1. The average Bonchev–Trinajstić information content (AvgIpc) is 3.35. The number of rotatable bonds is 6. The molecular weight excluding hydrogens is 478 g/mol. The van der Waals surface area contributed by atoms with Crippen molar-refractivity contribution in [3.8, 4) is 0 Å². The Bertz CT molecular complexity index is 1200. The standard InChI is InChI=1S/C22H19ClF4N5O2/c1-11-6-17(18(24)19(11)33)30-21-13(8-28-10-29-21)20(34)16-4-5-32(31-16)9-12-2-3-15(23)14(7-12)22(25,26)27/h2-5,7-8,10-11,17-19,33H,1,6,9H2,(H,28,29,30)/t11-,17-,18-,19-/m1/s1. The van der Waals surface area contributed by atoms with E-state index in [0.29, 0.717) is 5.56 Å². The van der Waals surface area contributed by atoms with Gasteiger partial charge in [-0.25, -0.2) is 14.4 Å². The fourth-order valence-electron chi connectivity index (χ4n) is 3.80. The predicted molar refractivity (Wildman–Crippen MR) is 115 cm³/mol. The van der Waals surface area contributed by atoms with Crippen molar-refractivity contribution in [2.45, 2.75) is 37.5 Å². The van der Waals surface area contributed by atoms with Gasteiger partial charge in [0.2, 0.25) is 5.78 Å². The highest BCUT2D eigenvalue weighted by Gasteiger charge is 2.41. The summed E-state index contributed by atoms with van der Waals surface area (Å²) in [5.41, 5.74) is -0.630. The van der Waals surface area contributed by atoms with E-state index in [9.17, 15) is 27.5 Å². The topological polar surface area (TPSA) is 92.9 Å². The molecule has 3 aromatic rings. The van der Waals surface area contributed by atoms with Crippen molar-refractivity contribution in [2.75, 3.05) is 5.32 Å². The Morgan fingerprint density at radius 3 is 2.76 bits per heavy atom. The lowest BCUT2D eigenvalue weighted by Crippen LogP contribution is -2.32. The van der Waals surface area contributed by atoms with Crippen molar-refractivity contribution in [3.05, 3.63) is 77.3 Å². The van der Waals surface area contributed by atoms with Crippen LogP contribution in [0.2, 0.25) is 5.02 Å². The minimum Gasteiger partial charge on any atom is -0.390 e. The third-order valence-electron chi connectivity index (χ3n) is 5.58. The van der Waals surface area contributed by atoms with Crippen LogP contribution in [0.1, 0.15) is 33.6 Å². The second-order valence-corrected chi connectivity index (χ2v) is 8.41. The highest BCUT2D eigenvalue weighted by Crippen LogP contribution is 2.35. The normalized spacial score (nSPS) is 22.7. The molecule has 4 atom stereocenters. The summed E-state index contributed by atoms with van der Waals surface area (Å²) in [6, 6.07) is 4.14. The molecule has 1 aliphatic carbocycles. The van der Waals surface area contributed by atoms with Gasteiger partial charge in [-0.3, -0.25) is 9.48 Å². The Hall–Kier alpha value is -3.05. The van der Waals surface area contributed by atoms with E-state index in [-0.39, 0.29) is 30.0 Å². The van der Waals surface area contributed by atoms with Crippen LogP contribution in [-0.4, -0.2) is 49.0 Å². The second kappa shape index (κ2) is 9.30. The van der Waals surface area contributed by atoms with Crippen LogP contribution in [0.15, 0.2) is 43.0 Å². The molecule has 0 bridgehead atoms. The highest BCUT2D eigenvalue weighted by molar-refractivity contribution is 6.31. The number of aromatic nitrogens is 4. The number of hydrogen-bond acceptors (Lipinski definition) is 6. The first kappa shape index (κ1) is 24.1. The Morgan fingerprint density at radius 1 is 1.32 bits per heavy atom. The third kappa shape index (κ3) is 4.90. The van der Waals surface area contributed by atoms with Crippen molar-refractivity contribution in [2.24, 2.45) is 5.92 Å². The molecule has 1 fully saturated rings. The Morgan fingerprint density at radius 2 is 2.09 bits per heavy atom. The number of alkyl halides is 4. The van der Waals surface area contributed by atoms with Gasteiger partial charge in [-0.2, -0.15) is 18.3 Å². The minimum absolute atomic E-state index is 0.00106. The van der Waals surface area contributed by atoms with Crippen molar-refractivity contribution in [3.63, 3.8) is 0 Å². The van der Waals surface area contributed by atoms with Gasteiger partial charge in [0.15, 0.2) is 0 Å². The van der Waals surface area contributed by atoms with E-state index in [1.54, 1.807) is 0 Å². The molecular formula is C22H19ClF4N5O2. The van der Waals surface area contributed by atoms with Gasteiger partial charge in [-0.05, 0) is 43.0 Å². The van der Waals surface area contributed by atoms with Crippen LogP contribution in [0.25, 0.3) is 0 Å². The zero-order valence-corrected chi connectivity index (χ0v) is 18.3. The SMILES string of the molecule is [CH2][C@@H]1C[C@@H](Nc2ncncc2C(=O)c2ccn(Cc3ccc(Cl)c(C(F)(F)F)c3)n2)[C@@H](F)[C@@H]1O. The van der Waals surface area contributed by atoms with E-state index >= 15 is 0 Å². The minimum atomic E-state index is -4.60. The molecule has 1 saturated carbocycles. The van der Waals surface area contributed by atoms with E-state index in [2.05, 4.69) is 27.3 Å². The van der Waals surface area contributed by atoms with Crippen LogP contribution in [0.5, 0.6) is 0 Å². The van der Waals surface area contributed by atoms with Gasteiger partial charge in [0.25, 0.3) is 0 Å². The zero-order chi connectivity index (χ0) is 24.6. The molecule has 1 aromatic carbocycles. The molecule has 0 amide bonds. The first-order valence-corrected chi connectivity index (χ1v) is 10.6. The molecule has 34 heavy (non-hydrogen) atoms. The van der Waals surface area contributed by atoms with Gasteiger partial charge < -0.3 is 10.4 Å². The third-order valence-corrected chi connectivity index (χ3v) is 5.91. The summed E-state index contributed by atoms with van der Waals surface area (Å²) in [5, 5.41) is 16.4. The van der Waals surface area contributed by atoms with Crippen molar-refractivity contribution >= 4 is 23.2 Å². The maximum absolute atomic E-state index is 14.3. The lowest BCUT2D eigenvalue weighted by Gasteiger charge is -2.18. The molecule has 2 heterocycles. The number of ketones is 1. The monoisotopic (exact) mass is 496 g/mol. The van der Waals surface area contributed by atoms with Gasteiger partial charge in [0.05, 0.1) is 34.8 Å². The van der Waals surface area contributed by atoms with Crippen LogP contribution in [-0.2, 0) is 12.7 Å². The van der Waals surface area contributed by atoms with Gasteiger partial charge >= 0.3 is 6.18 Å². The molecule has 12 heteroatoms. The predicted octanol–water partition coefficient (Wildman–Crippen LogP) is 3.96. The van der Waals surface area contributed by atoms with Gasteiger partial charge in [-0.1, -0.05) is 17.7 Å². The van der Waals surface area contributed by atoms with Gasteiger partial charge in [-0.15, -0.1) is 0 Å². The first-order valence-electron chi connectivity index (χ1n) is 10.2. The molecule has 7 nitrogen and oxygen atoms in total. The number of carbonyl (C=O) groups excluding carboxylic acids is 1. The fourth-order valence-corrected chi connectivity index (χ4v) is 4.03. The van der Waals surface area contributed by atoms with Crippen LogP contribution in [0.4, 0.5) is 23.4 Å². The molecule has 179 valence electrons. The molecule has 0 saturated heterocycles. The smallest absolute Gasteiger partial charge is 0.390 e. The number of aliphatic hydroxyl groups excluding tert-OH is 1. The number of benzene rings is 1. The number of anilines is 1. The number of hydrogen-bond donors (Lipinski definition) is 2. The van der Waals surface area contributed by atoms with E-state index in [0.717, 1.165) is 12.1 Å². The summed E-state index contributed by atoms with van der Waals surface area (Å²) < 4.78 is 55.0. The highest BCUT2D eigenvalue weighted by atomic mass is 35.5. The number of aliphatic hydroxyl groups is 1. The fraction of sp³-hybridized carbons (Fsp3) is 0.318. The summed E-state index contributed by atoms with van der Waals surface area (Å²) in [5.74, 6) is -0.986. The molecule has 0 aliphatic heterocycles. The summed E-state index contributed by atoms with van der Waals surface area (Å²) >= 11 is 5.65. The second-order valence-electron chi connectivity index (χ2n) is 8.01. The summed E-state index contributed by atoms with van der Waals surface area (Å²) in [6.07, 6.45) is -3.26. The van der Waals surface area contributed by atoms with Crippen molar-refractivity contribution in [1.29, 1.82) is 0 Å². The molecule has 0 unspecified atom stereocenters. The average molecular weight is 497 g/mol. The number of halogens is 5. The summed E-state index contributed by atoms with van der Waals surface area (Å²) in [6.45, 7) is 3.69. The maximum Gasteiger partial charge on any atom is 0.417 e. The number of nitrogens with zero attached hydrogens (tertiary/aromatic N) is 4. The van der Waals surface area contributed by atoms with Crippen LogP contribution < -0.4 is 5.32 Å². The lowest BCUT2D eigenvalue weighted by molar-refractivity contribution is -0.137. The maximum atomic E-state index is 14.3. The van der Waals surface area contributed by atoms with Gasteiger partial charge in [0.1, 0.15) is 24.0 Å². The van der Waals surface area contributed by atoms with Crippen LogP contribution in [0, 0.1) is 12.8 Å². The largest absolute Gasteiger partial charge is 0.417 e. The Labute approximate surface area is 196 Å². The van der Waals surface area contributed by atoms with Crippen molar-refractivity contribution in [1.82, 2.24) is 19.7 Å². The lowest BCUT2D eigenvalue weighted by atomic mass is 10.1. The molecule has 1 radical (unpaired) electrons. The summed E-state index contributed by atoms with van der Waals surface area (Å²) in [4.78, 5) is 20.9. The zero-order valence-electron chi connectivity index (χ0n) is 17.5. The van der Waals surface area contributed by atoms with Crippen LogP contribution in [0.3, 0.4) is 0 Å². The van der Waals surface area contributed by atoms with E-state index in [1.807, 2.05) is 0 Å².